The van der Waals surface area contributed by atoms with E-state index in [1.165, 1.54) is 11.6 Å². The molecule has 0 unspecified atom stereocenters. The van der Waals surface area contributed by atoms with E-state index in [0.29, 0.717) is 31.1 Å². The van der Waals surface area contributed by atoms with Gasteiger partial charge in [-0.3, -0.25) is 9.69 Å². The van der Waals surface area contributed by atoms with Crippen LogP contribution >= 0.6 is 0 Å². The number of hydrogen-bond acceptors (Lipinski definition) is 5. The van der Waals surface area contributed by atoms with Crippen molar-refractivity contribution in [3.63, 3.8) is 0 Å². The van der Waals surface area contributed by atoms with Crippen LogP contribution in [0.2, 0.25) is 0 Å². The largest absolute Gasteiger partial charge is 0.472 e. The van der Waals surface area contributed by atoms with Gasteiger partial charge >= 0.3 is 0 Å². The number of rotatable bonds is 7. The fourth-order valence-electron chi connectivity index (χ4n) is 4.75. The number of pyridine rings is 1. The van der Waals surface area contributed by atoms with Crippen LogP contribution in [0.25, 0.3) is 5.57 Å². The number of aliphatic hydroxyl groups excluding tert-OH is 1. The topological polar surface area (TPSA) is 65.9 Å². The van der Waals surface area contributed by atoms with Gasteiger partial charge in [-0.1, -0.05) is 25.1 Å². The lowest BCUT2D eigenvalue weighted by Gasteiger charge is -2.37. The van der Waals surface area contributed by atoms with Crippen LogP contribution in [-0.2, 0) is 6.54 Å². The van der Waals surface area contributed by atoms with Gasteiger partial charge in [-0.2, -0.15) is 0 Å². The van der Waals surface area contributed by atoms with Crippen molar-refractivity contribution in [1.82, 2.24) is 14.8 Å². The Morgan fingerprint density at radius 3 is 2.88 bits per heavy atom. The molecule has 182 valence electrons. The Balaban J connectivity index is 1.62. The zero-order chi connectivity index (χ0) is 24.2. The van der Waals surface area contributed by atoms with Crippen LogP contribution in [0.3, 0.4) is 0 Å². The maximum atomic E-state index is 13.6. The third-order valence-electron chi connectivity index (χ3n) is 6.77. The minimum Gasteiger partial charge on any atom is -0.472 e. The van der Waals surface area contributed by atoms with Gasteiger partial charge < -0.3 is 14.7 Å². The van der Waals surface area contributed by atoms with Crippen LogP contribution in [0.4, 0.5) is 4.39 Å². The quantitative estimate of drug-likeness (QED) is 0.663. The first-order valence-corrected chi connectivity index (χ1v) is 12.1. The summed E-state index contributed by atoms with van der Waals surface area (Å²) < 4.78 is 20.0. The summed E-state index contributed by atoms with van der Waals surface area (Å²) in [7, 11) is 1.98. The number of nitrogens with zero attached hydrogens (tertiary/aromatic N) is 3. The van der Waals surface area contributed by atoms with E-state index in [4.69, 9.17) is 4.74 Å². The molecule has 1 aliphatic carbocycles. The average molecular weight is 468 g/mol. The number of ether oxygens (including phenoxy) is 1. The van der Waals surface area contributed by atoms with Gasteiger partial charge in [0.25, 0.3) is 5.91 Å². The van der Waals surface area contributed by atoms with Crippen molar-refractivity contribution in [2.24, 2.45) is 5.92 Å². The highest BCUT2D eigenvalue weighted by Gasteiger charge is 2.34. The van der Waals surface area contributed by atoms with Crippen molar-refractivity contribution < 1.29 is 19.0 Å². The fourth-order valence-corrected chi connectivity index (χ4v) is 4.75. The summed E-state index contributed by atoms with van der Waals surface area (Å²) in [5.41, 5.74) is 3.50. The van der Waals surface area contributed by atoms with E-state index >= 15 is 0 Å². The molecule has 2 aliphatic rings. The highest BCUT2D eigenvalue weighted by Crippen LogP contribution is 2.32. The Kier molecular flexibility index (Phi) is 7.63. The number of amides is 1. The van der Waals surface area contributed by atoms with Crippen LogP contribution in [0.15, 0.2) is 42.6 Å². The first kappa shape index (κ1) is 24.4. The van der Waals surface area contributed by atoms with E-state index in [2.05, 4.69) is 16.0 Å². The number of allylic oxidation sites excluding steroid dienone is 2. The van der Waals surface area contributed by atoms with Gasteiger partial charge in [-0.25, -0.2) is 9.37 Å². The SMILES string of the molecule is C[C@H](CO)N1C[C@H](C)[C@H](CN(C)Cc2cccc(F)c2)Oc2ncc(C3=CCCC3)cc2C1=O. The average Bonchev–Trinajstić information content (AvgIpc) is 3.35. The smallest absolute Gasteiger partial charge is 0.259 e. The Bertz CT molecular complexity index is 1060. The van der Waals surface area contributed by atoms with Crippen LogP contribution in [0, 0.1) is 11.7 Å². The molecule has 0 bridgehead atoms. The van der Waals surface area contributed by atoms with E-state index in [9.17, 15) is 14.3 Å². The molecule has 2 aromatic rings. The molecule has 1 aromatic carbocycles. The minimum absolute atomic E-state index is 0.0000708. The zero-order valence-corrected chi connectivity index (χ0v) is 20.2. The third-order valence-corrected chi connectivity index (χ3v) is 6.77. The number of carbonyl (C=O) groups excluding carboxylic acids is 1. The standard InChI is InChI=1S/C27H34FN3O3/c1-18-14-31(19(2)17-32)27(33)24-12-22(21-8-4-5-9-21)13-29-26(24)34-25(18)16-30(3)15-20-7-6-10-23(28)11-20/h6-8,10-13,18-19,25,32H,4-5,9,14-17H2,1-3H3/t18-,19+,25-/m0/s1. The first-order chi connectivity index (χ1) is 16.4. The molecule has 1 aliphatic heterocycles. The predicted octanol–water partition coefficient (Wildman–Crippen LogP) is 4.14. The number of benzene rings is 1. The lowest BCUT2D eigenvalue weighted by atomic mass is 9.99. The second-order valence-electron chi connectivity index (χ2n) is 9.65. The number of carbonyl (C=O) groups is 1. The number of likely N-dealkylation sites (N-methyl/N-ethyl adjacent to an activating group) is 1. The van der Waals surface area contributed by atoms with Gasteiger partial charge in [0.15, 0.2) is 0 Å². The van der Waals surface area contributed by atoms with E-state index < -0.39 is 0 Å². The summed E-state index contributed by atoms with van der Waals surface area (Å²) in [6.07, 6.45) is 6.91. The Morgan fingerprint density at radius 1 is 1.35 bits per heavy atom. The van der Waals surface area contributed by atoms with Crippen LogP contribution in [0.5, 0.6) is 5.88 Å². The summed E-state index contributed by atoms with van der Waals surface area (Å²) >= 11 is 0. The predicted molar refractivity (Wildman–Crippen MR) is 130 cm³/mol. The molecule has 3 atom stereocenters. The number of hydrogen-bond donors (Lipinski definition) is 1. The number of halogens is 1. The molecule has 34 heavy (non-hydrogen) atoms. The van der Waals surface area contributed by atoms with Gasteiger partial charge in [-0.15, -0.1) is 0 Å². The summed E-state index contributed by atoms with van der Waals surface area (Å²) in [6.45, 7) is 5.42. The normalized spacial score (nSPS) is 21.5. The van der Waals surface area contributed by atoms with Crippen molar-refractivity contribution in [2.75, 3.05) is 26.7 Å². The number of fused-ring (bicyclic) bond motifs is 1. The summed E-state index contributed by atoms with van der Waals surface area (Å²) in [5.74, 6) is -0.0823. The second-order valence-corrected chi connectivity index (χ2v) is 9.65. The summed E-state index contributed by atoms with van der Waals surface area (Å²) in [5, 5.41) is 9.84. The van der Waals surface area contributed by atoms with Gasteiger partial charge in [0.2, 0.25) is 5.88 Å². The molecule has 0 fully saturated rings. The molecule has 1 aromatic heterocycles. The van der Waals surface area contributed by atoms with Crippen LogP contribution < -0.4 is 4.74 Å². The molecule has 6 nitrogen and oxygen atoms in total. The second kappa shape index (κ2) is 10.7. The van der Waals surface area contributed by atoms with E-state index in [0.717, 1.165) is 30.4 Å². The summed E-state index contributed by atoms with van der Waals surface area (Å²) in [4.78, 5) is 21.9. The van der Waals surface area contributed by atoms with Crippen molar-refractivity contribution in [1.29, 1.82) is 0 Å². The number of aromatic nitrogens is 1. The molecule has 0 spiro atoms. The number of aliphatic hydroxyl groups is 1. The molecule has 1 amide bonds. The Labute approximate surface area is 201 Å². The van der Waals surface area contributed by atoms with Gasteiger partial charge in [0.05, 0.1) is 12.6 Å². The Morgan fingerprint density at radius 2 is 2.18 bits per heavy atom. The van der Waals surface area contributed by atoms with Crippen molar-refractivity contribution in [3.05, 3.63) is 65.1 Å². The van der Waals surface area contributed by atoms with E-state index in [-0.39, 0.29) is 36.4 Å². The lowest BCUT2D eigenvalue weighted by Crippen LogP contribution is -2.49. The fraction of sp³-hybridized carbons (Fsp3) is 0.481. The molecule has 2 heterocycles. The molecule has 7 heteroatoms. The third kappa shape index (κ3) is 5.47. The maximum absolute atomic E-state index is 13.6. The van der Waals surface area contributed by atoms with Gasteiger partial charge in [-0.05, 0) is 68.1 Å². The molecule has 0 radical (unpaired) electrons. The first-order valence-electron chi connectivity index (χ1n) is 12.1. The van der Waals surface area contributed by atoms with Crippen molar-refractivity contribution in [2.45, 2.75) is 51.8 Å². The maximum Gasteiger partial charge on any atom is 0.259 e. The molecule has 0 saturated carbocycles. The highest BCUT2D eigenvalue weighted by atomic mass is 19.1. The highest BCUT2D eigenvalue weighted by molar-refractivity contribution is 5.97. The molecular weight excluding hydrogens is 433 g/mol. The summed E-state index contributed by atoms with van der Waals surface area (Å²) in [6, 6.07) is 8.17. The monoisotopic (exact) mass is 467 g/mol. The lowest BCUT2D eigenvalue weighted by molar-refractivity contribution is 0.0325. The van der Waals surface area contributed by atoms with Gasteiger partial charge in [0.1, 0.15) is 17.5 Å². The van der Waals surface area contributed by atoms with Gasteiger partial charge in [0, 0.05) is 31.7 Å². The molecule has 4 rings (SSSR count). The molecular formula is C27H34FN3O3. The van der Waals surface area contributed by atoms with Crippen LogP contribution in [-0.4, -0.2) is 64.7 Å². The minimum atomic E-state index is -0.319. The Hall–Kier alpha value is -2.77. The van der Waals surface area contributed by atoms with E-state index in [1.807, 2.05) is 33.0 Å². The van der Waals surface area contributed by atoms with Crippen molar-refractivity contribution >= 4 is 11.5 Å². The van der Waals surface area contributed by atoms with Crippen LogP contribution in [0.1, 0.15) is 54.6 Å². The van der Waals surface area contributed by atoms with Crippen molar-refractivity contribution in [3.8, 4) is 5.88 Å². The zero-order valence-electron chi connectivity index (χ0n) is 20.2. The molecule has 1 N–H and O–H groups in total. The van der Waals surface area contributed by atoms with E-state index in [1.54, 1.807) is 23.2 Å². The molecule has 0 saturated heterocycles.